The molecule has 1 aromatic rings. The maximum atomic E-state index is 11.5. The number of phenolic OH excluding ortho intramolecular Hbond substituents is 1. The molecule has 0 radical (unpaired) electrons. The molecule has 0 spiro atoms. The molecule has 6 heteroatoms. The predicted molar refractivity (Wildman–Crippen MR) is 52.5 cm³/mol. The lowest BCUT2D eigenvalue weighted by Crippen LogP contribution is -2.21. The number of benzene rings is 1. The Labute approximate surface area is 86.8 Å². The lowest BCUT2D eigenvalue weighted by molar-refractivity contribution is -0.118. The van der Waals surface area contributed by atoms with Crippen LogP contribution in [0.5, 0.6) is 5.75 Å². The van der Waals surface area contributed by atoms with E-state index in [9.17, 15) is 13.2 Å². The number of rotatable bonds is 1. The second-order valence-electron chi connectivity index (χ2n) is 3.35. The number of carbonyl (C=O) groups is 1. The van der Waals surface area contributed by atoms with E-state index in [1.54, 1.807) is 0 Å². The number of phenols is 1. The standard InChI is InChI=1S/C9H9NO4S/c11-7-3-1-6(2-4-7)8-5-9(12)10-15(8,13)14/h1-4,8,11H,5H2,(H,10,12). The minimum absolute atomic E-state index is 0.0624. The summed E-state index contributed by atoms with van der Waals surface area (Å²) in [7, 11) is -3.58. The summed E-state index contributed by atoms with van der Waals surface area (Å²) in [5.74, 6) is -0.429. The Kier molecular flexibility index (Phi) is 2.15. The highest BCUT2D eigenvalue weighted by Crippen LogP contribution is 2.30. The summed E-state index contributed by atoms with van der Waals surface area (Å²) in [6.07, 6.45) is -0.0624. The van der Waals surface area contributed by atoms with Gasteiger partial charge in [-0.1, -0.05) is 12.1 Å². The van der Waals surface area contributed by atoms with Crippen molar-refractivity contribution in [1.82, 2.24) is 4.72 Å². The van der Waals surface area contributed by atoms with Gasteiger partial charge in [0.05, 0.1) is 6.42 Å². The van der Waals surface area contributed by atoms with Gasteiger partial charge in [0.1, 0.15) is 11.0 Å². The van der Waals surface area contributed by atoms with E-state index in [0.717, 1.165) is 0 Å². The van der Waals surface area contributed by atoms with E-state index in [2.05, 4.69) is 0 Å². The Morgan fingerprint density at radius 3 is 2.33 bits per heavy atom. The fraction of sp³-hybridized carbons (Fsp3) is 0.222. The van der Waals surface area contributed by atoms with Gasteiger partial charge in [0, 0.05) is 0 Å². The zero-order valence-electron chi connectivity index (χ0n) is 7.67. The highest BCUT2D eigenvalue weighted by Gasteiger charge is 2.37. The monoisotopic (exact) mass is 227 g/mol. The van der Waals surface area contributed by atoms with Gasteiger partial charge in [-0.2, -0.15) is 0 Å². The quantitative estimate of drug-likeness (QED) is 0.722. The Hall–Kier alpha value is -1.56. The number of amides is 1. The molecule has 0 saturated carbocycles. The van der Waals surface area contributed by atoms with Crippen LogP contribution in [0.2, 0.25) is 0 Å². The van der Waals surface area contributed by atoms with E-state index in [4.69, 9.17) is 5.11 Å². The first kappa shape index (κ1) is 9.97. The molecule has 1 aromatic carbocycles. The van der Waals surface area contributed by atoms with Crippen LogP contribution in [-0.2, 0) is 14.8 Å². The first-order valence-corrected chi connectivity index (χ1v) is 5.87. The summed E-state index contributed by atoms with van der Waals surface area (Å²) in [6.45, 7) is 0. The number of aromatic hydroxyl groups is 1. The lowest BCUT2D eigenvalue weighted by Gasteiger charge is -2.07. The highest BCUT2D eigenvalue weighted by atomic mass is 32.2. The first-order valence-electron chi connectivity index (χ1n) is 4.32. The molecule has 80 valence electrons. The minimum atomic E-state index is -3.58. The van der Waals surface area contributed by atoms with Crippen molar-refractivity contribution in [2.75, 3.05) is 0 Å². The summed E-state index contributed by atoms with van der Waals surface area (Å²) >= 11 is 0. The summed E-state index contributed by atoms with van der Waals surface area (Å²) in [4.78, 5) is 11.0. The van der Waals surface area contributed by atoms with Gasteiger partial charge in [-0.3, -0.25) is 9.52 Å². The molecule has 0 aromatic heterocycles. The van der Waals surface area contributed by atoms with Gasteiger partial charge in [-0.05, 0) is 17.7 Å². The fourth-order valence-electron chi connectivity index (χ4n) is 1.54. The van der Waals surface area contributed by atoms with Crippen LogP contribution in [0.1, 0.15) is 17.2 Å². The average Bonchev–Trinajstić information content (AvgIpc) is 2.41. The van der Waals surface area contributed by atoms with Gasteiger partial charge >= 0.3 is 0 Å². The molecular formula is C9H9NO4S. The third-order valence-electron chi connectivity index (χ3n) is 2.27. The van der Waals surface area contributed by atoms with Crippen LogP contribution >= 0.6 is 0 Å². The van der Waals surface area contributed by atoms with Crippen molar-refractivity contribution in [2.24, 2.45) is 0 Å². The van der Waals surface area contributed by atoms with Crippen molar-refractivity contribution in [2.45, 2.75) is 11.7 Å². The van der Waals surface area contributed by atoms with Crippen molar-refractivity contribution in [3.63, 3.8) is 0 Å². The Balaban J connectivity index is 2.40. The molecule has 1 amide bonds. The third-order valence-corrected chi connectivity index (χ3v) is 3.97. The number of hydrogen-bond donors (Lipinski definition) is 2. The first-order chi connectivity index (χ1) is 6.99. The molecule has 1 saturated heterocycles. The van der Waals surface area contributed by atoms with E-state index in [-0.39, 0.29) is 12.2 Å². The molecule has 2 rings (SSSR count). The molecular weight excluding hydrogens is 218 g/mol. The molecule has 0 aliphatic carbocycles. The number of carbonyl (C=O) groups excluding carboxylic acids is 1. The highest BCUT2D eigenvalue weighted by molar-refractivity contribution is 7.90. The van der Waals surface area contributed by atoms with Crippen molar-refractivity contribution in [1.29, 1.82) is 0 Å². The molecule has 15 heavy (non-hydrogen) atoms. The maximum absolute atomic E-state index is 11.5. The van der Waals surface area contributed by atoms with Gasteiger partial charge in [-0.15, -0.1) is 0 Å². The number of sulfonamides is 1. The summed E-state index contributed by atoms with van der Waals surface area (Å²) in [6, 6.07) is 5.79. The average molecular weight is 227 g/mol. The van der Waals surface area contributed by atoms with E-state index >= 15 is 0 Å². The summed E-state index contributed by atoms with van der Waals surface area (Å²) < 4.78 is 24.9. The Bertz CT molecular complexity index is 491. The van der Waals surface area contributed by atoms with Crippen molar-refractivity contribution in [3.05, 3.63) is 29.8 Å². The van der Waals surface area contributed by atoms with Crippen molar-refractivity contribution in [3.8, 4) is 5.75 Å². The molecule has 1 atom stereocenters. The molecule has 5 nitrogen and oxygen atoms in total. The van der Waals surface area contributed by atoms with Gasteiger partial charge < -0.3 is 5.11 Å². The van der Waals surface area contributed by atoms with Crippen LogP contribution in [-0.4, -0.2) is 19.4 Å². The predicted octanol–water partition coefficient (Wildman–Crippen LogP) is 0.283. The molecule has 1 fully saturated rings. The van der Waals surface area contributed by atoms with E-state index in [1.165, 1.54) is 24.3 Å². The van der Waals surface area contributed by atoms with E-state index in [1.807, 2.05) is 4.72 Å². The normalized spacial score (nSPS) is 23.7. The van der Waals surface area contributed by atoms with Gasteiger partial charge in [0.15, 0.2) is 0 Å². The van der Waals surface area contributed by atoms with Gasteiger partial charge in [0.2, 0.25) is 15.9 Å². The smallest absolute Gasteiger partial charge is 0.242 e. The molecule has 1 aliphatic rings. The molecule has 1 heterocycles. The minimum Gasteiger partial charge on any atom is -0.508 e. The Morgan fingerprint density at radius 2 is 1.87 bits per heavy atom. The third kappa shape index (κ3) is 1.80. The van der Waals surface area contributed by atoms with Crippen LogP contribution < -0.4 is 4.72 Å². The van der Waals surface area contributed by atoms with Crippen LogP contribution in [0.15, 0.2) is 24.3 Å². The van der Waals surface area contributed by atoms with Gasteiger partial charge in [-0.25, -0.2) is 8.42 Å². The summed E-state index contributed by atoms with van der Waals surface area (Å²) in [5, 5.41) is 8.21. The SMILES string of the molecule is O=C1CC(c2ccc(O)cc2)S(=O)(=O)N1. The van der Waals surface area contributed by atoms with Crippen LogP contribution in [0.3, 0.4) is 0 Å². The molecule has 2 N–H and O–H groups in total. The van der Waals surface area contributed by atoms with Crippen molar-refractivity contribution < 1.29 is 18.3 Å². The largest absolute Gasteiger partial charge is 0.508 e. The zero-order valence-corrected chi connectivity index (χ0v) is 8.49. The molecule has 0 bridgehead atoms. The molecule has 1 unspecified atom stereocenters. The van der Waals surface area contributed by atoms with E-state index in [0.29, 0.717) is 5.56 Å². The topological polar surface area (TPSA) is 83.5 Å². The second-order valence-corrected chi connectivity index (χ2v) is 5.22. The lowest BCUT2D eigenvalue weighted by atomic mass is 10.1. The zero-order chi connectivity index (χ0) is 11.1. The van der Waals surface area contributed by atoms with Crippen LogP contribution in [0.25, 0.3) is 0 Å². The number of hydrogen-bond acceptors (Lipinski definition) is 4. The molecule has 1 aliphatic heterocycles. The summed E-state index contributed by atoms with van der Waals surface area (Å²) in [5.41, 5.74) is 0.506. The van der Waals surface area contributed by atoms with Gasteiger partial charge in [0.25, 0.3) is 0 Å². The fourth-order valence-corrected chi connectivity index (χ4v) is 2.96. The van der Waals surface area contributed by atoms with Crippen LogP contribution in [0, 0.1) is 0 Å². The van der Waals surface area contributed by atoms with Crippen LogP contribution in [0.4, 0.5) is 0 Å². The van der Waals surface area contributed by atoms with E-state index < -0.39 is 21.2 Å². The maximum Gasteiger partial charge on any atom is 0.242 e. The van der Waals surface area contributed by atoms with Crippen molar-refractivity contribution >= 4 is 15.9 Å². The second kappa shape index (κ2) is 3.23. The Morgan fingerprint density at radius 1 is 1.27 bits per heavy atom. The number of nitrogens with one attached hydrogen (secondary N) is 1.